The van der Waals surface area contributed by atoms with Crippen LogP contribution in [-0.4, -0.2) is 10.9 Å². The van der Waals surface area contributed by atoms with E-state index in [-0.39, 0.29) is 0 Å². The van der Waals surface area contributed by atoms with E-state index in [1.54, 1.807) is 19.1 Å². The first kappa shape index (κ1) is 10.2. The van der Waals surface area contributed by atoms with Gasteiger partial charge in [0.25, 0.3) is 0 Å². The van der Waals surface area contributed by atoms with Crippen molar-refractivity contribution in [3.05, 3.63) is 27.7 Å². The van der Waals surface area contributed by atoms with Crippen molar-refractivity contribution in [3.63, 3.8) is 0 Å². The number of nitrogens with two attached hydrogens (primary N) is 1. The van der Waals surface area contributed by atoms with E-state index in [1.807, 2.05) is 0 Å². The summed E-state index contributed by atoms with van der Waals surface area (Å²) in [6.45, 7) is 1.64. The Balaban J connectivity index is 3.29. The highest BCUT2D eigenvalue weighted by Crippen LogP contribution is 2.28. The minimum Gasteiger partial charge on any atom is -0.411 e. The van der Waals surface area contributed by atoms with Gasteiger partial charge in [0.1, 0.15) is 0 Å². The van der Waals surface area contributed by atoms with Gasteiger partial charge in [-0.15, -0.1) is 0 Å². The van der Waals surface area contributed by atoms with Crippen LogP contribution in [0.4, 0.5) is 5.69 Å². The van der Waals surface area contributed by atoms with Crippen molar-refractivity contribution >= 4 is 34.6 Å². The summed E-state index contributed by atoms with van der Waals surface area (Å²) in [5.41, 5.74) is 6.94. The standard InChI is InChI=1S/C8H8Cl2N2O/c1-4(12-13)5-2-6(9)8(11)7(10)3-5/h2-3,13H,11H2,1H3. The predicted octanol–water partition coefficient (Wildman–Crippen LogP) is 2.77. The Morgan fingerprint density at radius 3 is 2.23 bits per heavy atom. The molecule has 0 unspecified atom stereocenters. The van der Waals surface area contributed by atoms with Crippen LogP contribution in [0.15, 0.2) is 17.3 Å². The van der Waals surface area contributed by atoms with Gasteiger partial charge in [0.05, 0.1) is 21.4 Å². The van der Waals surface area contributed by atoms with Crippen LogP contribution >= 0.6 is 23.2 Å². The third kappa shape index (κ3) is 2.05. The van der Waals surface area contributed by atoms with E-state index in [0.717, 1.165) is 0 Å². The third-order valence-corrected chi connectivity index (χ3v) is 2.27. The molecule has 0 spiro atoms. The van der Waals surface area contributed by atoms with Crippen LogP contribution in [0.25, 0.3) is 0 Å². The number of benzene rings is 1. The first-order valence-electron chi connectivity index (χ1n) is 3.49. The molecule has 0 aliphatic carbocycles. The van der Waals surface area contributed by atoms with E-state index in [2.05, 4.69) is 5.16 Å². The van der Waals surface area contributed by atoms with Gasteiger partial charge in [-0.3, -0.25) is 0 Å². The van der Waals surface area contributed by atoms with Crippen LogP contribution in [0.2, 0.25) is 10.0 Å². The lowest BCUT2D eigenvalue weighted by atomic mass is 10.1. The number of nitrogens with zero attached hydrogens (tertiary/aromatic N) is 1. The van der Waals surface area contributed by atoms with E-state index in [4.69, 9.17) is 34.1 Å². The smallest absolute Gasteiger partial charge is 0.0838 e. The van der Waals surface area contributed by atoms with Crippen molar-refractivity contribution in [2.75, 3.05) is 5.73 Å². The van der Waals surface area contributed by atoms with Gasteiger partial charge in [-0.2, -0.15) is 0 Å². The number of anilines is 1. The van der Waals surface area contributed by atoms with Crippen molar-refractivity contribution < 1.29 is 5.21 Å². The zero-order valence-corrected chi connectivity index (χ0v) is 8.39. The van der Waals surface area contributed by atoms with Crippen molar-refractivity contribution in [1.82, 2.24) is 0 Å². The molecule has 0 saturated carbocycles. The van der Waals surface area contributed by atoms with Crippen LogP contribution < -0.4 is 5.73 Å². The van der Waals surface area contributed by atoms with Gasteiger partial charge < -0.3 is 10.9 Å². The summed E-state index contributed by atoms with van der Waals surface area (Å²) >= 11 is 11.5. The van der Waals surface area contributed by atoms with Crippen LogP contribution in [0.5, 0.6) is 0 Å². The summed E-state index contributed by atoms with van der Waals surface area (Å²) in [5.74, 6) is 0. The fourth-order valence-electron chi connectivity index (χ4n) is 0.851. The molecule has 3 N–H and O–H groups in total. The minimum absolute atomic E-state index is 0.331. The van der Waals surface area contributed by atoms with Crippen LogP contribution in [0.1, 0.15) is 12.5 Å². The van der Waals surface area contributed by atoms with E-state index in [9.17, 15) is 0 Å². The molecule has 0 atom stereocenters. The molecule has 0 aliphatic heterocycles. The second-order valence-corrected chi connectivity index (χ2v) is 3.35. The lowest BCUT2D eigenvalue weighted by Gasteiger charge is -2.04. The van der Waals surface area contributed by atoms with Crippen molar-refractivity contribution in [2.45, 2.75) is 6.92 Å². The molecule has 0 bridgehead atoms. The van der Waals surface area contributed by atoms with Gasteiger partial charge in [-0.05, 0) is 19.1 Å². The Hall–Kier alpha value is -0.930. The lowest BCUT2D eigenvalue weighted by molar-refractivity contribution is 0.319. The minimum atomic E-state index is 0.331. The Bertz CT molecular complexity index is 340. The molecular weight excluding hydrogens is 211 g/mol. The van der Waals surface area contributed by atoms with Gasteiger partial charge in [0, 0.05) is 5.56 Å². The topological polar surface area (TPSA) is 58.6 Å². The molecule has 5 heteroatoms. The Kier molecular flexibility index (Phi) is 3.01. The zero-order valence-electron chi connectivity index (χ0n) is 6.88. The summed E-state index contributed by atoms with van der Waals surface area (Å²) in [6.07, 6.45) is 0. The fraction of sp³-hybridized carbons (Fsp3) is 0.125. The molecule has 0 aliphatic rings. The fourth-order valence-corrected chi connectivity index (χ4v) is 1.34. The number of nitrogen functional groups attached to an aromatic ring is 1. The molecule has 0 saturated heterocycles. The second kappa shape index (κ2) is 3.85. The van der Waals surface area contributed by atoms with Crippen LogP contribution in [0.3, 0.4) is 0 Å². The molecule has 1 aromatic carbocycles. The van der Waals surface area contributed by atoms with Crippen LogP contribution in [0, 0.1) is 0 Å². The highest BCUT2D eigenvalue weighted by molar-refractivity contribution is 6.39. The summed E-state index contributed by atoms with van der Waals surface area (Å²) in [5, 5.41) is 12.2. The highest BCUT2D eigenvalue weighted by Gasteiger charge is 2.06. The molecule has 0 fully saturated rings. The maximum absolute atomic E-state index is 8.51. The summed E-state index contributed by atoms with van der Waals surface area (Å²) < 4.78 is 0. The van der Waals surface area contributed by atoms with Gasteiger partial charge in [0.2, 0.25) is 0 Å². The molecule has 13 heavy (non-hydrogen) atoms. The first-order chi connectivity index (χ1) is 6.06. The average molecular weight is 219 g/mol. The molecule has 0 amide bonds. The average Bonchev–Trinajstić information content (AvgIpc) is 2.12. The lowest BCUT2D eigenvalue weighted by Crippen LogP contribution is -1.97. The number of halogens is 2. The first-order valence-corrected chi connectivity index (χ1v) is 4.25. The number of hydrogen-bond acceptors (Lipinski definition) is 3. The van der Waals surface area contributed by atoms with Crippen molar-refractivity contribution in [2.24, 2.45) is 5.16 Å². The number of hydrogen-bond donors (Lipinski definition) is 2. The number of rotatable bonds is 1. The van der Waals surface area contributed by atoms with Crippen molar-refractivity contribution in [1.29, 1.82) is 0 Å². The molecule has 70 valence electrons. The van der Waals surface area contributed by atoms with E-state index < -0.39 is 0 Å². The van der Waals surface area contributed by atoms with Crippen LogP contribution in [-0.2, 0) is 0 Å². The largest absolute Gasteiger partial charge is 0.411 e. The molecule has 0 aromatic heterocycles. The Morgan fingerprint density at radius 2 is 1.85 bits per heavy atom. The molecule has 1 rings (SSSR count). The van der Waals surface area contributed by atoms with E-state index >= 15 is 0 Å². The molecule has 1 aromatic rings. The Morgan fingerprint density at radius 1 is 1.38 bits per heavy atom. The molecular formula is C8H8Cl2N2O. The maximum atomic E-state index is 8.51. The summed E-state index contributed by atoms with van der Waals surface area (Å²) in [7, 11) is 0. The third-order valence-electron chi connectivity index (χ3n) is 1.65. The second-order valence-electron chi connectivity index (χ2n) is 2.54. The monoisotopic (exact) mass is 218 g/mol. The molecule has 0 heterocycles. The number of oxime groups is 1. The normalized spacial score (nSPS) is 11.8. The van der Waals surface area contributed by atoms with E-state index in [0.29, 0.717) is 27.0 Å². The molecule has 3 nitrogen and oxygen atoms in total. The summed E-state index contributed by atoms with van der Waals surface area (Å²) in [6, 6.07) is 3.19. The highest BCUT2D eigenvalue weighted by atomic mass is 35.5. The van der Waals surface area contributed by atoms with E-state index in [1.165, 1.54) is 0 Å². The quantitative estimate of drug-likeness (QED) is 0.330. The maximum Gasteiger partial charge on any atom is 0.0838 e. The van der Waals surface area contributed by atoms with Gasteiger partial charge in [-0.1, -0.05) is 28.4 Å². The van der Waals surface area contributed by atoms with Gasteiger partial charge >= 0.3 is 0 Å². The zero-order chi connectivity index (χ0) is 10.0. The van der Waals surface area contributed by atoms with Crippen molar-refractivity contribution in [3.8, 4) is 0 Å². The SMILES string of the molecule is CC(=NO)c1cc(Cl)c(N)c(Cl)c1. The Labute approximate surface area is 85.8 Å². The molecule has 0 radical (unpaired) electrons. The van der Waals surface area contributed by atoms with Gasteiger partial charge in [0.15, 0.2) is 0 Å². The van der Waals surface area contributed by atoms with Gasteiger partial charge in [-0.25, -0.2) is 0 Å². The predicted molar refractivity (Wildman–Crippen MR) is 54.9 cm³/mol. The summed E-state index contributed by atoms with van der Waals surface area (Å²) in [4.78, 5) is 0.